The summed E-state index contributed by atoms with van der Waals surface area (Å²) in [7, 11) is 0. The molecule has 2 aromatic rings. The summed E-state index contributed by atoms with van der Waals surface area (Å²) in [6.45, 7) is 0. The molecule has 3 nitrogen and oxygen atoms in total. The zero-order valence-corrected chi connectivity index (χ0v) is 15.8. The zero-order chi connectivity index (χ0) is 20.5. The van der Waals surface area contributed by atoms with Gasteiger partial charge < -0.3 is 5.11 Å². The number of nitriles is 1. The molecule has 0 aliphatic heterocycles. The molecule has 2 aromatic carbocycles. The van der Waals surface area contributed by atoms with Crippen LogP contribution in [0.2, 0.25) is 5.02 Å². The number of benzene rings is 2. The van der Waals surface area contributed by atoms with Crippen molar-refractivity contribution in [3.63, 3.8) is 0 Å². The Bertz CT molecular complexity index is 1010. The smallest absolute Gasteiger partial charge is 0.416 e. The van der Waals surface area contributed by atoms with Crippen LogP contribution in [0.1, 0.15) is 35.4 Å². The molecule has 1 atom stereocenters. The molecule has 0 bridgehead atoms. The second-order valence-electron chi connectivity index (χ2n) is 6.21. The molecule has 144 valence electrons. The van der Waals surface area contributed by atoms with Gasteiger partial charge in [-0.25, -0.2) is 0 Å². The van der Waals surface area contributed by atoms with Crippen LogP contribution in [0.3, 0.4) is 0 Å². The van der Waals surface area contributed by atoms with E-state index in [9.17, 15) is 23.1 Å². The Morgan fingerprint density at radius 2 is 1.86 bits per heavy atom. The fraction of sp³-hybridized carbons (Fsp3) is 0.200. The number of carbonyl (C=O) groups excluding carboxylic acids is 1. The van der Waals surface area contributed by atoms with E-state index in [0.29, 0.717) is 10.5 Å². The van der Waals surface area contributed by atoms with Crippen molar-refractivity contribution < 1.29 is 23.1 Å². The minimum Gasteiger partial charge on any atom is -0.511 e. The summed E-state index contributed by atoms with van der Waals surface area (Å²) in [5.41, 5.74) is -0.747. The average molecular weight is 424 g/mol. The Morgan fingerprint density at radius 3 is 2.50 bits per heavy atom. The average Bonchev–Trinajstić information content (AvgIpc) is 2.64. The number of hydrogen-bond acceptors (Lipinski definition) is 4. The van der Waals surface area contributed by atoms with Gasteiger partial charge in [-0.2, -0.15) is 18.4 Å². The van der Waals surface area contributed by atoms with Gasteiger partial charge in [0.25, 0.3) is 0 Å². The van der Waals surface area contributed by atoms with Gasteiger partial charge in [0.1, 0.15) is 11.8 Å². The summed E-state index contributed by atoms with van der Waals surface area (Å²) in [5.74, 6) is -1.67. The largest absolute Gasteiger partial charge is 0.511 e. The normalized spacial score (nSPS) is 17.5. The highest BCUT2D eigenvalue weighted by Gasteiger charge is 2.39. The van der Waals surface area contributed by atoms with Gasteiger partial charge in [0.05, 0.1) is 16.0 Å². The van der Waals surface area contributed by atoms with Gasteiger partial charge in [0.15, 0.2) is 5.78 Å². The molecule has 0 heterocycles. The lowest BCUT2D eigenvalue weighted by Gasteiger charge is -2.26. The monoisotopic (exact) mass is 423 g/mol. The summed E-state index contributed by atoms with van der Waals surface area (Å²) < 4.78 is 40.1. The van der Waals surface area contributed by atoms with Crippen LogP contribution in [-0.4, -0.2) is 10.9 Å². The number of ketones is 1. The van der Waals surface area contributed by atoms with Crippen molar-refractivity contribution in [3.8, 4) is 6.07 Å². The number of allylic oxidation sites excluding steroid dienone is 2. The van der Waals surface area contributed by atoms with E-state index in [1.807, 2.05) is 6.07 Å². The van der Waals surface area contributed by atoms with Gasteiger partial charge in [-0.1, -0.05) is 41.6 Å². The molecular formula is C20H13ClF3NO2S. The fourth-order valence-electron chi connectivity index (χ4n) is 3.15. The fourth-order valence-corrected chi connectivity index (χ4v) is 4.47. The molecule has 0 aromatic heterocycles. The Balaban J connectivity index is 1.96. The van der Waals surface area contributed by atoms with E-state index in [1.165, 1.54) is 12.1 Å². The summed E-state index contributed by atoms with van der Waals surface area (Å²) in [4.78, 5) is 13.2. The minimum absolute atomic E-state index is 0.0413. The van der Waals surface area contributed by atoms with Crippen LogP contribution in [0.4, 0.5) is 13.2 Å². The highest BCUT2D eigenvalue weighted by molar-refractivity contribution is 8.04. The molecule has 0 radical (unpaired) electrons. The molecule has 3 rings (SSSR count). The Labute approximate surface area is 168 Å². The molecule has 1 aliphatic rings. The summed E-state index contributed by atoms with van der Waals surface area (Å²) in [6.07, 6.45) is -4.98. The lowest BCUT2D eigenvalue weighted by molar-refractivity contribution is -0.138. The molecule has 8 heteroatoms. The molecule has 0 fully saturated rings. The number of hydrogen-bond donors (Lipinski definition) is 1. The quantitative estimate of drug-likeness (QED) is 0.634. The van der Waals surface area contributed by atoms with Gasteiger partial charge in [-0.3, -0.25) is 4.79 Å². The van der Waals surface area contributed by atoms with Crippen molar-refractivity contribution in [1.82, 2.24) is 0 Å². The van der Waals surface area contributed by atoms with E-state index in [1.54, 1.807) is 24.3 Å². The number of aliphatic hydroxyl groups is 1. The zero-order valence-electron chi connectivity index (χ0n) is 14.3. The molecule has 0 saturated heterocycles. The second kappa shape index (κ2) is 7.90. The molecule has 0 amide bonds. The first-order valence-corrected chi connectivity index (χ1v) is 9.39. The highest BCUT2D eigenvalue weighted by Crippen LogP contribution is 2.46. The van der Waals surface area contributed by atoms with Gasteiger partial charge in [0.2, 0.25) is 0 Å². The third-order valence-corrected chi connectivity index (χ3v) is 5.95. The number of rotatable bonds is 3. The minimum atomic E-state index is -4.62. The number of alkyl halides is 3. The van der Waals surface area contributed by atoms with Crippen molar-refractivity contribution in [2.45, 2.75) is 29.8 Å². The Hall–Kier alpha value is -2.43. The summed E-state index contributed by atoms with van der Waals surface area (Å²) in [6, 6.07) is 12.0. The van der Waals surface area contributed by atoms with E-state index in [0.717, 1.165) is 17.8 Å². The first kappa shape index (κ1) is 20.3. The van der Waals surface area contributed by atoms with Gasteiger partial charge in [-0.15, -0.1) is 0 Å². The van der Waals surface area contributed by atoms with Crippen molar-refractivity contribution in [3.05, 3.63) is 74.8 Å². The lowest BCUT2D eigenvalue weighted by Crippen LogP contribution is -2.20. The SMILES string of the molecule is N#Cc1ccccc1SC1=C(O)CC(c2c(Cl)cccc2C(F)(F)F)CC1=O. The van der Waals surface area contributed by atoms with E-state index in [-0.39, 0.29) is 34.1 Å². The van der Waals surface area contributed by atoms with Crippen LogP contribution >= 0.6 is 23.4 Å². The van der Waals surface area contributed by atoms with Crippen LogP contribution in [0.5, 0.6) is 0 Å². The molecule has 0 saturated carbocycles. The third-order valence-electron chi connectivity index (χ3n) is 4.37. The summed E-state index contributed by atoms with van der Waals surface area (Å²) in [5, 5.41) is 19.5. The van der Waals surface area contributed by atoms with Crippen LogP contribution in [0.15, 0.2) is 58.0 Å². The Morgan fingerprint density at radius 1 is 1.14 bits per heavy atom. The predicted octanol–water partition coefficient (Wildman–Crippen LogP) is 6.24. The molecule has 1 aliphatic carbocycles. The van der Waals surface area contributed by atoms with Crippen LogP contribution < -0.4 is 0 Å². The first-order chi connectivity index (χ1) is 13.2. The number of thioether (sulfide) groups is 1. The Kier molecular flexibility index (Phi) is 5.73. The van der Waals surface area contributed by atoms with E-state index in [4.69, 9.17) is 16.9 Å². The summed E-state index contributed by atoms with van der Waals surface area (Å²) >= 11 is 6.97. The molecule has 0 spiro atoms. The topological polar surface area (TPSA) is 61.1 Å². The molecule has 1 N–H and O–H groups in total. The molecule has 28 heavy (non-hydrogen) atoms. The maximum atomic E-state index is 13.4. The van der Waals surface area contributed by atoms with Crippen molar-refractivity contribution in [2.75, 3.05) is 0 Å². The lowest BCUT2D eigenvalue weighted by atomic mass is 9.83. The standard InChI is InChI=1S/C20H13ClF3NO2S/c21-14-6-3-5-13(20(22,23)24)18(14)12-8-15(26)19(16(27)9-12)28-17-7-2-1-4-11(17)10-25/h1-7,12,26H,8-9H2. The number of carbonyl (C=O) groups is 1. The number of nitrogens with zero attached hydrogens (tertiary/aromatic N) is 1. The van der Waals surface area contributed by atoms with E-state index < -0.39 is 23.4 Å². The number of halogens is 4. The van der Waals surface area contributed by atoms with Crippen molar-refractivity contribution in [2.24, 2.45) is 0 Å². The number of aliphatic hydroxyl groups excluding tert-OH is 1. The van der Waals surface area contributed by atoms with Gasteiger partial charge in [-0.05, 0) is 29.8 Å². The molecular weight excluding hydrogens is 411 g/mol. The van der Waals surface area contributed by atoms with E-state index >= 15 is 0 Å². The van der Waals surface area contributed by atoms with Gasteiger partial charge >= 0.3 is 6.18 Å². The van der Waals surface area contributed by atoms with Crippen LogP contribution in [0.25, 0.3) is 0 Å². The molecule has 1 unspecified atom stereocenters. The maximum absolute atomic E-state index is 13.4. The van der Waals surface area contributed by atoms with Crippen LogP contribution in [0, 0.1) is 11.3 Å². The van der Waals surface area contributed by atoms with E-state index in [2.05, 4.69) is 0 Å². The van der Waals surface area contributed by atoms with Crippen molar-refractivity contribution >= 4 is 29.1 Å². The van der Waals surface area contributed by atoms with Gasteiger partial charge in [0, 0.05) is 28.7 Å². The van der Waals surface area contributed by atoms with Crippen LogP contribution in [-0.2, 0) is 11.0 Å². The maximum Gasteiger partial charge on any atom is 0.416 e. The highest BCUT2D eigenvalue weighted by atomic mass is 35.5. The number of Topliss-reactive ketones (excluding diaryl/α,β-unsaturated/α-hetero) is 1. The second-order valence-corrected chi connectivity index (χ2v) is 7.67. The van der Waals surface area contributed by atoms with Crippen molar-refractivity contribution in [1.29, 1.82) is 5.26 Å². The first-order valence-electron chi connectivity index (χ1n) is 8.20. The predicted molar refractivity (Wildman–Crippen MR) is 100 cm³/mol. The third kappa shape index (κ3) is 4.03.